The van der Waals surface area contributed by atoms with Crippen molar-refractivity contribution in [1.82, 2.24) is 0 Å². The standard InChI is InChI=1S/C10H20BNO2.ClH/c1-8(2)9(3,4)14-11(13-8)10(12)6-5-7-10;/h5-7,12H2,1-4H3;1H. The van der Waals surface area contributed by atoms with Gasteiger partial charge in [-0.15, -0.1) is 12.4 Å². The Morgan fingerprint density at radius 1 is 1.00 bits per heavy atom. The van der Waals surface area contributed by atoms with Crippen LogP contribution < -0.4 is 5.73 Å². The first kappa shape index (κ1) is 13.3. The van der Waals surface area contributed by atoms with Gasteiger partial charge < -0.3 is 15.0 Å². The van der Waals surface area contributed by atoms with Crippen LogP contribution in [0.2, 0.25) is 0 Å². The van der Waals surface area contributed by atoms with E-state index in [-0.39, 0.29) is 36.2 Å². The maximum Gasteiger partial charge on any atom is 0.479 e. The van der Waals surface area contributed by atoms with Gasteiger partial charge in [0.15, 0.2) is 0 Å². The first-order chi connectivity index (χ1) is 6.27. The summed E-state index contributed by atoms with van der Waals surface area (Å²) in [5.41, 5.74) is 5.47. The van der Waals surface area contributed by atoms with Crippen molar-refractivity contribution in [1.29, 1.82) is 0 Å². The predicted molar refractivity (Wildman–Crippen MR) is 64.1 cm³/mol. The van der Waals surface area contributed by atoms with Gasteiger partial charge in [0, 0.05) is 0 Å². The molecule has 1 aliphatic carbocycles. The van der Waals surface area contributed by atoms with Crippen LogP contribution in [0.5, 0.6) is 0 Å². The highest BCUT2D eigenvalue weighted by Gasteiger charge is 2.59. The molecule has 1 saturated carbocycles. The van der Waals surface area contributed by atoms with Crippen molar-refractivity contribution in [2.75, 3.05) is 0 Å². The van der Waals surface area contributed by atoms with Crippen LogP contribution >= 0.6 is 12.4 Å². The average molecular weight is 234 g/mol. The molecular formula is C10H21BClNO2. The molecule has 3 nitrogen and oxygen atoms in total. The van der Waals surface area contributed by atoms with E-state index in [2.05, 4.69) is 27.7 Å². The van der Waals surface area contributed by atoms with E-state index >= 15 is 0 Å². The van der Waals surface area contributed by atoms with Gasteiger partial charge in [0.2, 0.25) is 0 Å². The largest absolute Gasteiger partial charge is 0.479 e. The van der Waals surface area contributed by atoms with Crippen molar-refractivity contribution in [3.8, 4) is 0 Å². The Bertz CT molecular complexity index is 238. The number of rotatable bonds is 1. The minimum Gasteiger partial charge on any atom is -0.402 e. The summed E-state index contributed by atoms with van der Waals surface area (Å²) in [5, 5.41) is 0. The van der Waals surface area contributed by atoms with Gasteiger partial charge in [-0.25, -0.2) is 0 Å². The van der Waals surface area contributed by atoms with Crippen LogP contribution in [-0.4, -0.2) is 23.8 Å². The fourth-order valence-corrected chi connectivity index (χ4v) is 1.90. The molecule has 0 aromatic rings. The average Bonchev–Trinajstić information content (AvgIpc) is 2.17. The lowest BCUT2D eigenvalue weighted by Crippen LogP contribution is -2.60. The van der Waals surface area contributed by atoms with Crippen molar-refractivity contribution in [2.45, 2.75) is 63.6 Å². The van der Waals surface area contributed by atoms with Gasteiger partial charge >= 0.3 is 7.12 Å². The third kappa shape index (κ3) is 1.93. The van der Waals surface area contributed by atoms with Crippen LogP contribution in [-0.2, 0) is 9.31 Å². The molecule has 1 saturated heterocycles. The Morgan fingerprint density at radius 3 is 1.67 bits per heavy atom. The summed E-state index contributed by atoms with van der Waals surface area (Å²) in [6.07, 6.45) is 3.23. The molecule has 0 aromatic heterocycles. The summed E-state index contributed by atoms with van der Waals surface area (Å²) < 4.78 is 11.8. The molecule has 2 fully saturated rings. The summed E-state index contributed by atoms with van der Waals surface area (Å²) in [7, 11) is -0.221. The van der Waals surface area contributed by atoms with Gasteiger partial charge in [-0.2, -0.15) is 0 Å². The molecule has 15 heavy (non-hydrogen) atoms. The maximum atomic E-state index is 6.20. The second-order valence-electron chi connectivity index (χ2n) is 5.67. The number of hydrogen-bond acceptors (Lipinski definition) is 3. The molecule has 1 aliphatic heterocycles. The van der Waals surface area contributed by atoms with E-state index in [1.165, 1.54) is 6.42 Å². The summed E-state index contributed by atoms with van der Waals surface area (Å²) >= 11 is 0. The predicted octanol–water partition coefficient (Wildman–Crippen LogP) is 1.92. The monoisotopic (exact) mass is 233 g/mol. The highest BCUT2D eigenvalue weighted by molar-refractivity contribution is 6.50. The van der Waals surface area contributed by atoms with Crippen LogP contribution in [0.4, 0.5) is 0 Å². The van der Waals surface area contributed by atoms with Crippen molar-refractivity contribution in [3.63, 3.8) is 0 Å². The van der Waals surface area contributed by atoms with Gasteiger partial charge in [-0.05, 0) is 40.5 Å². The molecule has 0 unspecified atom stereocenters. The van der Waals surface area contributed by atoms with E-state index in [4.69, 9.17) is 15.0 Å². The molecule has 0 bridgehead atoms. The normalized spacial score (nSPS) is 30.6. The van der Waals surface area contributed by atoms with Crippen LogP contribution in [0.1, 0.15) is 47.0 Å². The van der Waals surface area contributed by atoms with E-state index in [9.17, 15) is 0 Å². The van der Waals surface area contributed by atoms with Crippen LogP contribution in [0.15, 0.2) is 0 Å². The minimum atomic E-state index is -0.250. The highest BCUT2D eigenvalue weighted by atomic mass is 35.5. The second kappa shape index (κ2) is 3.62. The van der Waals surface area contributed by atoms with E-state index in [1.807, 2.05) is 0 Å². The molecule has 0 atom stereocenters. The first-order valence-corrected chi connectivity index (χ1v) is 5.41. The lowest BCUT2D eigenvalue weighted by Gasteiger charge is -2.39. The summed E-state index contributed by atoms with van der Waals surface area (Å²) in [6, 6.07) is 0. The Kier molecular flexibility index (Phi) is 3.21. The van der Waals surface area contributed by atoms with Crippen molar-refractivity contribution in [2.24, 2.45) is 5.73 Å². The highest BCUT2D eigenvalue weighted by Crippen LogP contribution is 2.43. The zero-order valence-corrected chi connectivity index (χ0v) is 10.8. The third-order valence-electron chi connectivity index (χ3n) is 4.01. The van der Waals surface area contributed by atoms with Crippen LogP contribution in [0.25, 0.3) is 0 Å². The van der Waals surface area contributed by atoms with E-state index in [1.54, 1.807) is 0 Å². The fraction of sp³-hybridized carbons (Fsp3) is 1.00. The summed E-state index contributed by atoms with van der Waals surface area (Å²) in [5.74, 6) is 0. The molecule has 0 spiro atoms. The minimum absolute atomic E-state index is 0. The van der Waals surface area contributed by atoms with Gasteiger partial charge in [0.25, 0.3) is 0 Å². The summed E-state index contributed by atoms with van der Waals surface area (Å²) in [6.45, 7) is 8.26. The lowest BCUT2D eigenvalue weighted by molar-refractivity contribution is 0.00578. The van der Waals surface area contributed by atoms with E-state index in [0.29, 0.717) is 0 Å². The quantitative estimate of drug-likeness (QED) is 0.704. The summed E-state index contributed by atoms with van der Waals surface area (Å²) in [4.78, 5) is 0. The molecule has 2 rings (SSSR count). The topological polar surface area (TPSA) is 44.5 Å². The van der Waals surface area contributed by atoms with Gasteiger partial charge in [0.1, 0.15) is 0 Å². The molecule has 2 N–H and O–H groups in total. The van der Waals surface area contributed by atoms with E-state index in [0.717, 1.165) is 12.8 Å². The Hall–Kier alpha value is 0.235. The van der Waals surface area contributed by atoms with Gasteiger partial charge in [-0.3, -0.25) is 0 Å². The molecule has 5 heteroatoms. The molecule has 0 amide bonds. The van der Waals surface area contributed by atoms with Crippen molar-refractivity contribution >= 4 is 19.5 Å². The first-order valence-electron chi connectivity index (χ1n) is 5.41. The second-order valence-corrected chi connectivity index (χ2v) is 5.67. The Morgan fingerprint density at radius 2 is 1.40 bits per heavy atom. The number of hydrogen-bond donors (Lipinski definition) is 1. The van der Waals surface area contributed by atoms with Crippen molar-refractivity contribution < 1.29 is 9.31 Å². The molecule has 1 heterocycles. The van der Waals surface area contributed by atoms with Crippen molar-refractivity contribution in [3.05, 3.63) is 0 Å². The Balaban J connectivity index is 0.00000112. The van der Waals surface area contributed by atoms with Crippen LogP contribution in [0.3, 0.4) is 0 Å². The zero-order chi connectivity index (χ0) is 10.6. The number of halogens is 1. The molecule has 2 aliphatic rings. The molecular weight excluding hydrogens is 212 g/mol. The smallest absolute Gasteiger partial charge is 0.402 e. The zero-order valence-electron chi connectivity index (χ0n) is 10.0. The molecule has 88 valence electrons. The van der Waals surface area contributed by atoms with Gasteiger partial charge in [-0.1, -0.05) is 6.42 Å². The fourth-order valence-electron chi connectivity index (χ4n) is 1.90. The number of nitrogens with two attached hydrogens (primary N) is 1. The Labute approximate surface area is 98.6 Å². The third-order valence-corrected chi connectivity index (χ3v) is 4.01. The van der Waals surface area contributed by atoms with Gasteiger partial charge in [0.05, 0.1) is 16.6 Å². The maximum absolute atomic E-state index is 6.20. The van der Waals surface area contributed by atoms with Crippen LogP contribution in [0, 0.1) is 0 Å². The SMILES string of the molecule is CC1(C)OB(C2(N)CCC2)OC1(C)C.Cl. The van der Waals surface area contributed by atoms with E-state index < -0.39 is 0 Å². The lowest BCUT2D eigenvalue weighted by atomic mass is 9.54. The molecule has 0 aromatic carbocycles. The molecule has 0 radical (unpaired) electrons.